The number of amides is 1. The molecule has 0 unspecified atom stereocenters. The van der Waals surface area contributed by atoms with Crippen LogP contribution in [-0.4, -0.2) is 27.8 Å². The summed E-state index contributed by atoms with van der Waals surface area (Å²) in [5, 5.41) is 6.65. The van der Waals surface area contributed by atoms with Gasteiger partial charge in [-0.25, -0.2) is 18.3 Å². The molecule has 1 amide bonds. The van der Waals surface area contributed by atoms with Crippen molar-refractivity contribution < 1.29 is 23.1 Å². The van der Waals surface area contributed by atoms with Crippen molar-refractivity contribution in [1.82, 2.24) is 9.78 Å². The van der Waals surface area contributed by atoms with Crippen LogP contribution >= 0.6 is 0 Å². The van der Waals surface area contributed by atoms with Gasteiger partial charge in [-0.15, -0.1) is 0 Å². The molecule has 1 N–H and O–H groups in total. The summed E-state index contributed by atoms with van der Waals surface area (Å²) in [6, 6.07) is 12.0. The molecule has 1 atom stereocenters. The van der Waals surface area contributed by atoms with E-state index in [9.17, 15) is 18.4 Å². The molecular formula is C21H19F2N3O3. The van der Waals surface area contributed by atoms with Crippen molar-refractivity contribution in [3.05, 3.63) is 77.1 Å². The Morgan fingerprint density at radius 2 is 1.79 bits per heavy atom. The molecule has 0 radical (unpaired) electrons. The first kappa shape index (κ1) is 20.2. The Balaban J connectivity index is 1.74. The molecule has 0 spiro atoms. The number of halogens is 2. The summed E-state index contributed by atoms with van der Waals surface area (Å²) in [4.78, 5) is 24.9. The second kappa shape index (κ2) is 8.22. The first-order chi connectivity index (χ1) is 13.8. The van der Waals surface area contributed by atoms with Crippen LogP contribution in [0.15, 0.2) is 48.5 Å². The number of aromatic nitrogens is 2. The van der Waals surface area contributed by atoms with Gasteiger partial charge in [-0.2, -0.15) is 5.10 Å². The van der Waals surface area contributed by atoms with Crippen molar-refractivity contribution in [3.63, 3.8) is 0 Å². The van der Waals surface area contributed by atoms with E-state index in [4.69, 9.17) is 4.74 Å². The van der Waals surface area contributed by atoms with Gasteiger partial charge in [0, 0.05) is 6.07 Å². The lowest BCUT2D eigenvalue weighted by atomic mass is 10.2. The van der Waals surface area contributed by atoms with Crippen LogP contribution in [0.4, 0.5) is 14.5 Å². The number of carbonyl (C=O) groups is 2. The maximum absolute atomic E-state index is 13.7. The van der Waals surface area contributed by atoms with Gasteiger partial charge in [-0.1, -0.05) is 18.2 Å². The number of aryl methyl sites for hydroxylation is 1. The number of hydrogen-bond acceptors (Lipinski definition) is 4. The summed E-state index contributed by atoms with van der Waals surface area (Å²) >= 11 is 0. The Hall–Kier alpha value is -3.55. The van der Waals surface area contributed by atoms with E-state index in [1.54, 1.807) is 18.5 Å². The average Bonchev–Trinajstić information content (AvgIpc) is 2.98. The van der Waals surface area contributed by atoms with Crippen LogP contribution in [0.25, 0.3) is 5.69 Å². The van der Waals surface area contributed by atoms with Crippen molar-refractivity contribution >= 4 is 17.6 Å². The van der Waals surface area contributed by atoms with Crippen molar-refractivity contribution in [2.75, 3.05) is 5.32 Å². The minimum atomic E-state index is -1.20. The van der Waals surface area contributed by atoms with E-state index in [1.807, 2.05) is 30.3 Å². The largest absolute Gasteiger partial charge is 0.449 e. The monoisotopic (exact) mass is 399 g/mol. The molecular weight excluding hydrogens is 380 g/mol. The number of benzene rings is 2. The topological polar surface area (TPSA) is 73.2 Å². The van der Waals surface area contributed by atoms with E-state index >= 15 is 0 Å². The van der Waals surface area contributed by atoms with Gasteiger partial charge in [0.05, 0.1) is 22.8 Å². The number of esters is 1. The molecule has 0 bridgehead atoms. The summed E-state index contributed by atoms with van der Waals surface area (Å²) in [7, 11) is 0. The summed E-state index contributed by atoms with van der Waals surface area (Å²) in [5.74, 6) is -3.15. The van der Waals surface area contributed by atoms with Crippen molar-refractivity contribution in [2.45, 2.75) is 26.9 Å². The Morgan fingerprint density at radius 3 is 2.45 bits per heavy atom. The highest BCUT2D eigenvalue weighted by Gasteiger charge is 2.25. The molecule has 0 aliphatic heterocycles. The highest BCUT2D eigenvalue weighted by molar-refractivity contribution is 5.98. The SMILES string of the molecule is Cc1nn(-c2ccccc2)c(C)c1C(=O)O[C@H](C)C(=O)Nc1ccc(F)cc1F. The minimum absolute atomic E-state index is 0.205. The third kappa shape index (κ3) is 4.31. The van der Waals surface area contributed by atoms with Crippen LogP contribution in [0, 0.1) is 25.5 Å². The minimum Gasteiger partial charge on any atom is -0.449 e. The fourth-order valence-electron chi connectivity index (χ4n) is 2.86. The van der Waals surface area contributed by atoms with E-state index in [2.05, 4.69) is 10.4 Å². The third-order valence-corrected chi connectivity index (χ3v) is 4.34. The second-order valence-corrected chi connectivity index (χ2v) is 6.45. The quantitative estimate of drug-likeness (QED) is 0.660. The molecule has 0 saturated carbocycles. The van der Waals surface area contributed by atoms with Gasteiger partial charge < -0.3 is 10.1 Å². The average molecular weight is 399 g/mol. The zero-order chi connectivity index (χ0) is 21.1. The van der Waals surface area contributed by atoms with Gasteiger partial charge in [0.2, 0.25) is 0 Å². The predicted octanol–water partition coefficient (Wildman–Crippen LogP) is 3.95. The van der Waals surface area contributed by atoms with E-state index < -0.39 is 29.6 Å². The van der Waals surface area contributed by atoms with Crippen LogP contribution in [0.3, 0.4) is 0 Å². The molecule has 29 heavy (non-hydrogen) atoms. The molecule has 1 heterocycles. The number of ether oxygens (including phenoxy) is 1. The predicted molar refractivity (Wildman–Crippen MR) is 103 cm³/mol. The number of nitrogens with zero attached hydrogens (tertiary/aromatic N) is 2. The maximum Gasteiger partial charge on any atom is 0.342 e. The van der Waals surface area contributed by atoms with Gasteiger partial charge in [0.1, 0.15) is 17.2 Å². The van der Waals surface area contributed by atoms with E-state index in [1.165, 1.54) is 6.92 Å². The molecule has 150 valence electrons. The summed E-state index contributed by atoms with van der Waals surface area (Å²) < 4.78 is 33.5. The number of carbonyl (C=O) groups excluding carboxylic acids is 2. The fourth-order valence-corrected chi connectivity index (χ4v) is 2.86. The number of rotatable bonds is 5. The molecule has 8 heteroatoms. The Morgan fingerprint density at radius 1 is 1.10 bits per heavy atom. The first-order valence-electron chi connectivity index (χ1n) is 8.86. The van der Waals surface area contributed by atoms with Gasteiger partial charge in [0.25, 0.3) is 5.91 Å². The zero-order valence-corrected chi connectivity index (χ0v) is 16.1. The molecule has 3 rings (SSSR count). The van der Waals surface area contributed by atoms with E-state index in [0.29, 0.717) is 17.5 Å². The smallest absolute Gasteiger partial charge is 0.342 e. The Labute approximate surface area is 166 Å². The first-order valence-corrected chi connectivity index (χ1v) is 8.86. The lowest BCUT2D eigenvalue weighted by Gasteiger charge is -2.14. The molecule has 0 aliphatic carbocycles. The Kier molecular flexibility index (Phi) is 5.72. The van der Waals surface area contributed by atoms with Gasteiger partial charge in [0.15, 0.2) is 6.10 Å². The molecule has 2 aromatic carbocycles. The summed E-state index contributed by atoms with van der Waals surface area (Å²) in [6.07, 6.45) is -1.20. The maximum atomic E-state index is 13.7. The van der Waals surface area contributed by atoms with E-state index in [-0.39, 0.29) is 11.3 Å². The molecule has 0 fully saturated rings. The molecule has 1 aromatic heterocycles. The van der Waals surface area contributed by atoms with Crippen LogP contribution in [0.5, 0.6) is 0 Å². The summed E-state index contributed by atoms with van der Waals surface area (Å²) in [6.45, 7) is 4.75. The van der Waals surface area contributed by atoms with E-state index in [0.717, 1.165) is 17.8 Å². The van der Waals surface area contributed by atoms with Crippen LogP contribution in [0.1, 0.15) is 28.7 Å². The molecule has 0 aliphatic rings. The van der Waals surface area contributed by atoms with Crippen molar-refractivity contribution in [3.8, 4) is 5.69 Å². The van der Waals surface area contributed by atoms with Crippen molar-refractivity contribution in [1.29, 1.82) is 0 Å². The summed E-state index contributed by atoms with van der Waals surface area (Å²) in [5.41, 5.74) is 1.85. The number of para-hydroxylation sites is 1. The lowest BCUT2D eigenvalue weighted by Crippen LogP contribution is -2.30. The zero-order valence-electron chi connectivity index (χ0n) is 16.1. The second-order valence-electron chi connectivity index (χ2n) is 6.45. The highest BCUT2D eigenvalue weighted by atomic mass is 19.1. The number of hydrogen-bond donors (Lipinski definition) is 1. The normalized spacial score (nSPS) is 11.8. The van der Waals surface area contributed by atoms with Crippen molar-refractivity contribution in [2.24, 2.45) is 0 Å². The Bertz CT molecular complexity index is 1060. The van der Waals surface area contributed by atoms with Crippen LogP contribution in [-0.2, 0) is 9.53 Å². The third-order valence-electron chi connectivity index (χ3n) is 4.34. The fraction of sp³-hybridized carbons (Fsp3) is 0.190. The van der Waals surface area contributed by atoms with Gasteiger partial charge in [-0.3, -0.25) is 4.79 Å². The van der Waals surface area contributed by atoms with Crippen LogP contribution in [0.2, 0.25) is 0 Å². The van der Waals surface area contributed by atoms with Gasteiger partial charge in [-0.05, 0) is 45.0 Å². The molecule has 3 aromatic rings. The molecule has 0 saturated heterocycles. The standard InChI is InChI=1S/C21H19F2N3O3/c1-12-19(13(2)26(25-12)16-7-5-4-6-8-16)21(28)29-14(3)20(27)24-18-10-9-15(22)11-17(18)23/h4-11,14H,1-3H3,(H,24,27)/t14-/m1/s1. The highest BCUT2D eigenvalue weighted by Crippen LogP contribution is 2.20. The van der Waals surface area contributed by atoms with Crippen LogP contribution < -0.4 is 5.32 Å². The molecule has 6 nitrogen and oxygen atoms in total. The number of anilines is 1. The van der Waals surface area contributed by atoms with Gasteiger partial charge >= 0.3 is 5.97 Å². The lowest BCUT2D eigenvalue weighted by molar-refractivity contribution is -0.123. The number of nitrogens with one attached hydrogen (secondary N) is 1.